The zero-order valence-corrected chi connectivity index (χ0v) is 11.4. The van der Waals surface area contributed by atoms with Gasteiger partial charge in [-0.05, 0) is 38.5 Å². The van der Waals surface area contributed by atoms with Gasteiger partial charge in [-0.3, -0.25) is 9.59 Å². The van der Waals surface area contributed by atoms with Crippen molar-refractivity contribution in [1.82, 2.24) is 10.2 Å². The quantitative estimate of drug-likeness (QED) is 0.728. The number of hydrogen-bond acceptors (Lipinski definition) is 2. The highest BCUT2D eigenvalue weighted by Gasteiger charge is 2.43. The van der Waals surface area contributed by atoms with Crippen LogP contribution in [0.4, 0.5) is 0 Å². The first-order valence-corrected chi connectivity index (χ1v) is 7.43. The summed E-state index contributed by atoms with van der Waals surface area (Å²) >= 11 is 0. The van der Waals surface area contributed by atoms with E-state index < -0.39 is 0 Å². The van der Waals surface area contributed by atoms with E-state index in [1.165, 1.54) is 0 Å². The number of carbonyl (C=O) groups is 2. The molecule has 3 rings (SSSR count). The Labute approximate surface area is 114 Å². The van der Waals surface area contributed by atoms with E-state index in [0.29, 0.717) is 5.91 Å². The minimum absolute atomic E-state index is 0.159. The molecular formula is C15H22N2O2. The zero-order chi connectivity index (χ0) is 13.3. The van der Waals surface area contributed by atoms with E-state index in [9.17, 15) is 9.59 Å². The molecule has 2 amide bonds. The van der Waals surface area contributed by atoms with Crippen molar-refractivity contribution in [2.75, 3.05) is 19.6 Å². The van der Waals surface area contributed by atoms with Crippen molar-refractivity contribution in [2.45, 2.75) is 38.5 Å². The molecule has 4 heteroatoms. The van der Waals surface area contributed by atoms with Crippen molar-refractivity contribution in [2.24, 2.45) is 11.3 Å². The summed E-state index contributed by atoms with van der Waals surface area (Å²) in [7, 11) is 0. The Kier molecular flexibility index (Phi) is 3.33. The van der Waals surface area contributed by atoms with Gasteiger partial charge in [-0.25, -0.2) is 0 Å². The molecule has 1 atom stereocenters. The standard InChI is InChI=1S/C15H22N2O2/c18-13(12-4-1-2-5-12)17-10-3-6-15(8-11-17)7-9-16-14(15)19/h1-2,12H,3-11H2,(H,16,19)/t15-/m0/s1. The van der Waals surface area contributed by atoms with Gasteiger partial charge in [-0.1, -0.05) is 12.2 Å². The Morgan fingerprint density at radius 1 is 1.21 bits per heavy atom. The van der Waals surface area contributed by atoms with E-state index in [1.54, 1.807) is 0 Å². The number of allylic oxidation sites excluding steroid dienone is 2. The van der Waals surface area contributed by atoms with Crippen molar-refractivity contribution in [3.8, 4) is 0 Å². The van der Waals surface area contributed by atoms with Gasteiger partial charge in [-0.15, -0.1) is 0 Å². The summed E-state index contributed by atoms with van der Waals surface area (Å²) in [6.45, 7) is 2.38. The molecule has 19 heavy (non-hydrogen) atoms. The topological polar surface area (TPSA) is 49.4 Å². The number of amides is 2. The molecule has 1 N–H and O–H groups in total. The molecule has 0 bridgehead atoms. The van der Waals surface area contributed by atoms with Gasteiger partial charge in [0.1, 0.15) is 0 Å². The van der Waals surface area contributed by atoms with Crippen LogP contribution in [-0.2, 0) is 9.59 Å². The first-order chi connectivity index (χ1) is 9.21. The number of nitrogens with zero attached hydrogens (tertiary/aromatic N) is 1. The lowest BCUT2D eigenvalue weighted by Gasteiger charge is -2.26. The number of rotatable bonds is 1. The van der Waals surface area contributed by atoms with Crippen LogP contribution in [0, 0.1) is 11.3 Å². The molecule has 1 aliphatic carbocycles. The van der Waals surface area contributed by atoms with Crippen molar-refractivity contribution in [3.63, 3.8) is 0 Å². The van der Waals surface area contributed by atoms with Gasteiger partial charge in [0, 0.05) is 25.6 Å². The normalized spacial score (nSPS) is 31.8. The molecule has 2 saturated heterocycles. The molecule has 0 aromatic carbocycles. The van der Waals surface area contributed by atoms with Crippen LogP contribution < -0.4 is 5.32 Å². The van der Waals surface area contributed by atoms with Gasteiger partial charge in [-0.2, -0.15) is 0 Å². The molecule has 104 valence electrons. The Bertz CT molecular complexity index is 410. The molecule has 2 fully saturated rings. The first-order valence-electron chi connectivity index (χ1n) is 7.43. The second-order valence-corrected chi connectivity index (χ2v) is 6.10. The molecular weight excluding hydrogens is 240 g/mol. The van der Waals surface area contributed by atoms with E-state index in [4.69, 9.17) is 0 Å². The minimum Gasteiger partial charge on any atom is -0.356 e. The molecule has 0 unspecified atom stereocenters. The van der Waals surface area contributed by atoms with Crippen molar-refractivity contribution >= 4 is 11.8 Å². The van der Waals surface area contributed by atoms with E-state index in [2.05, 4.69) is 17.5 Å². The molecule has 3 aliphatic rings. The van der Waals surface area contributed by atoms with Gasteiger partial charge in [0.05, 0.1) is 5.41 Å². The van der Waals surface area contributed by atoms with Crippen LogP contribution in [0.25, 0.3) is 0 Å². The molecule has 0 radical (unpaired) electrons. The Morgan fingerprint density at radius 2 is 2.00 bits per heavy atom. The van der Waals surface area contributed by atoms with Crippen molar-refractivity contribution in [3.05, 3.63) is 12.2 Å². The van der Waals surface area contributed by atoms with Crippen LogP contribution in [0.1, 0.15) is 38.5 Å². The fourth-order valence-electron chi connectivity index (χ4n) is 3.68. The first kappa shape index (κ1) is 12.7. The van der Waals surface area contributed by atoms with Gasteiger partial charge in [0.15, 0.2) is 0 Å². The van der Waals surface area contributed by atoms with Crippen LogP contribution in [-0.4, -0.2) is 36.3 Å². The lowest BCUT2D eigenvalue weighted by molar-refractivity contribution is -0.135. The second-order valence-electron chi connectivity index (χ2n) is 6.10. The van der Waals surface area contributed by atoms with Crippen LogP contribution in [0.5, 0.6) is 0 Å². The average Bonchev–Trinajstić information content (AvgIpc) is 2.98. The van der Waals surface area contributed by atoms with Gasteiger partial charge < -0.3 is 10.2 Å². The summed E-state index contributed by atoms with van der Waals surface area (Å²) < 4.78 is 0. The zero-order valence-electron chi connectivity index (χ0n) is 11.4. The molecule has 1 spiro atoms. The lowest BCUT2D eigenvalue weighted by Crippen LogP contribution is -2.37. The molecule has 0 saturated carbocycles. The Hall–Kier alpha value is -1.32. The molecule has 2 aliphatic heterocycles. The number of carbonyl (C=O) groups excluding carboxylic acids is 2. The van der Waals surface area contributed by atoms with E-state index in [1.807, 2.05) is 4.90 Å². The molecule has 2 heterocycles. The monoisotopic (exact) mass is 262 g/mol. The lowest BCUT2D eigenvalue weighted by atomic mass is 9.79. The smallest absolute Gasteiger partial charge is 0.226 e. The predicted octanol–water partition coefficient (Wildman–Crippen LogP) is 1.47. The summed E-state index contributed by atoms with van der Waals surface area (Å²) in [5.41, 5.74) is -0.178. The summed E-state index contributed by atoms with van der Waals surface area (Å²) in [4.78, 5) is 26.4. The van der Waals surface area contributed by atoms with Gasteiger partial charge in [0.2, 0.25) is 11.8 Å². The second kappa shape index (κ2) is 4.99. The van der Waals surface area contributed by atoms with E-state index in [0.717, 1.165) is 58.2 Å². The Balaban J connectivity index is 1.64. The summed E-state index contributed by atoms with van der Waals surface area (Å²) in [5, 5.41) is 2.95. The van der Waals surface area contributed by atoms with Crippen LogP contribution in [0.15, 0.2) is 12.2 Å². The van der Waals surface area contributed by atoms with Gasteiger partial charge >= 0.3 is 0 Å². The van der Waals surface area contributed by atoms with E-state index in [-0.39, 0.29) is 17.2 Å². The molecule has 0 aromatic heterocycles. The summed E-state index contributed by atoms with van der Waals surface area (Å²) in [6.07, 6.45) is 9.66. The summed E-state index contributed by atoms with van der Waals surface area (Å²) in [6, 6.07) is 0. The van der Waals surface area contributed by atoms with Crippen molar-refractivity contribution in [1.29, 1.82) is 0 Å². The third-order valence-corrected chi connectivity index (χ3v) is 4.98. The number of hydrogen-bond donors (Lipinski definition) is 1. The highest BCUT2D eigenvalue weighted by molar-refractivity contribution is 5.85. The molecule has 4 nitrogen and oxygen atoms in total. The maximum Gasteiger partial charge on any atom is 0.226 e. The SMILES string of the molecule is O=C(C1CC=CC1)N1CCC[C@]2(CCNC2=O)CC1. The third-order valence-electron chi connectivity index (χ3n) is 4.98. The summed E-state index contributed by atoms with van der Waals surface area (Å²) in [5.74, 6) is 0.663. The average molecular weight is 262 g/mol. The minimum atomic E-state index is -0.178. The van der Waals surface area contributed by atoms with Crippen molar-refractivity contribution < 1.29 is 9.59 Å². The number of nitrogens with one attached hydrogen (secondary N) is 1. The number of likely N-dealkylation sites (tertiary alicyclic amines) is 1. The molecule has 0 aromatic rings. The maximum absolute atomic E-state index is 12.4. The predicted molar refractivity (Wildman–Crippen MR) is 72.4 cm³/mol. The van der Waals surface area contributed by atoms with Gasteiger partial charge in [0.25, 0.3) is 0 Å². The third kappa shape index (κ3) is 2.28. The maximum atomic E-state index is 12.4. The fraction of sp³-hybridized carbons (Fsp3) is 0.733. The van der Waals surface area contributed by atoms with Crippen LogP contribution >= 0.6 is 0 Å². The van der Waals surface area contributed by atoms with Crippen LogP contribution in [0.3, 0.4) is 0 Å². The Morgan fingerprint density at radius 3 is 2.68 bits per heavy atom. The fourth-order valence-corrected chi connectivity index (χ4v) is 3.68. The van der Waals surface area contributed by atoms with E-state index >= 15 is 0 Å². The highest BCUT2D eigenvalue weighted by Crippen LogP contribution is 2.38. The largest absolute Gasteiger partial charge is 0.356 e. The van der Waals surface area contributed by atoms with Crippen LogP contribution in [0.2, 0.25) is 0 Å². The highest BCUT2D eigenvalue weighted by atomic mass is 16.2.